The minimum absolute atomic E-state index is 0.0559. The van der Waals surface area contributed by atoms with E-state index in [9.17, 15) is 9.59 Å². The highest BCUT2D eigenvalue weighted by molar-refractivity contribution is 6.34. The van der Waals surface area contributed by atoms with Crippen LogP contribution >= 0.6 is 11.6 Å². The first-order valence-electron chi connectivity index (χ1n) is 11.2. The standard InChI is InChI=1S/C24H26ClN5O2/c1-30-22(14-6-7-14)21(13-27-30)28-24(32)17-5-3-2-4-16(17)23(31)18-9-8-15(12-19(18)25)20-10-11-26-29-20/h8-14,16-17H,2-7H2,1H3,(H,26,29)(H,28,32). The van der Waals surface area contributed by atoms with Crippen molar-refractivity contribution in [1.29, 1.82) is 0 Å². The van der Waals surface area contributed by atoms with E-state index in [2.05, 4.69) is 20.6 Å². The van der Waals surface area contributed by atoms with Crippen LogP contribution in [0.1, 0.15) is 60.5 Å². The summed E-state index contributed by atoms with van der Waals surface area (Å²) >= 11 is 6.52. The minimum Gasteiger partial charge on any atom is -0.323 e. The Morgan fingerprint density at radius 3 is 2.59 bits per heavy atom. The van der Waals surface area contributed by atoms with Crippen molar-refractivity contribution in [2.75, 3.05) is 5.32 Å². The molecule has 3 aromatic rings. The number of H-pyrrole nitrogens is 1. The molecule has 0 aliphatic heterocycles. The van der Waals surface area contributed by atoms with Crippen LogP contribution < -0.4 is 5.32 Å². The third-order valence-electron chi connectivity index (χ3n) is 6.69. The highest BCUT2D eigenvalue weighted by Crippen LogP contribution is 2.43. The van der Waals surface area contributed by atoms with E-state index in [1.165, 1.54) is 0 Å². The van der Waals surface area contributed by atoms with Crippen LogP contribution in [0, 0.1) is 11.8 Å². The summed E-state index contributed by atoms with van der Waals surface area (Å²) in [7, 11) is 1.91. The van der Waals surface area contributed by atoms with E-state index in [4.69, 9.17) is 11.6 Å². The number of Topliss-reactive ketones (excluding diaryl/α,β-unsaturated/α-hetero) is 1. The normalized spacial score (nSPS) is 20.8. The first kappa shape index (κ1) is 20.9. The maximum absolute atomic E-state index is 13.5. The molecule has 2 aliphatic carbocycles. The van der Waals surface area contributed by atoms with Gasteiger partial charge in [-0.15, -0.1) is 0 Å². The van der Waals surface area contributed by atoms with Gasteiger partial charge in [0.25, 0.3) is 0 Å². The summed E-state index contributed by atoms with van der Waals surface area (Å²) in [5, 5.41) is 14.7. The summed E-state index contributed by atoms with van der Waals surface area (Å²) in [5.74, 6) is -0.427. The number of carbonyl (C=O) groups is 2. The SMILES string of the molecule is Cn1ncc(NC(=O)C2CCCCC2C(=O)c2ccc(-c3ccn[nH]3)cc2Cl)c1C1CC1. The second-order valence-electron chi connectivity index (χ2n) is 8.86. The Kier molecular flexibility index (Phi) is 5.59. The Balaban J connectivity index is 1.36. The van der Waals surface area contributed by atoms with Crippen LogP contribution in [0.5, 0.6) is 0 Å². The van der Waals surface area contributed by atoms with Crippen LogP contribution in [-0.4, -0.2) is 31.7 Å². The third kappa shape index (κ3) is 3.97. The monoisotopic (exact) mass is 451 g/mol. The fourth-order valence-electron chi connectivity index (χ4n) is 4.87. The molecular weight excluding hydrogens is 426 g/mol. The van der Waals surface area contributed by atoms with E-state index in [1.54, 1.807) is 24.5 Å². The zero-order valence-electron chi connectivity index (χ0n) is 18.0. The van der Waals surface area contributed by atoms with Gasteiger partial charge in [-0.25, -0.2) is 0 Å². The van der Waals surface area contributed by atoms with Gasteiger partial charge in [0, 0.05) is 42.1 Å². The molecule has 0 saturated heterocycles. The van der Waals surface area contributed by atoms with E-state index in [-0.39, 0.29) is 23.5 Å². The molecular formula is C24H26ClN5O2. The van der Waals surface area contributed by atoms with Crippen molar-refractivity contribution >= 4 is 29.0 Å². The average Bonchev–Trinajstić information content (AvgIpc) is 3.34. The number of hydrogen-bond donors (Lipinski definition) is 2. The van der Waals surface area contributed by atoms with Gasteiger partial charge >= 0.3 is 0 Å². The van der Waals surface area contributed by atoms with E-state index < -0.39 is 0 Å². The number of rotatable bonds is 6. The lowest BCUT2D eigenvalue weighted by Gasteiger charge is -2.30. The molecule has 166 valence electrons. The molecule has 0 radical (unpaired) electrons. The van der Waals surface area contributed by atoms with Crippen LogP contribution in [0.15, 0.2) is 36.7 Å². The van der Waals surface area contributed by atoms with Crippen molar-refractivity contribution in [2.45, 2.75) is 44.4 Å². The summed E-state index contributed by atoms with van der Waals surface area (Å²) < 4.78 is 1.85. The number of anilines is 1. The summed E-state index contributed by atoms with van der Waals surface area (Å²) in [6, 6.07) is 7.25. The van der Waals surface area contributed by atoms with Gasteiger partial charge in [-0.3, -0.25) is 19.4 Å². The van der Waals surface area contributed by atoms with E-state index >= 15 is 0 Å². The summed E-state index contributed by atoms with van der Waals surface area (Å²) in [4.78, 5) is 26.7. The highest BCUT2D eigenvalue weighted by Gasteiger charge is 2.38. The number of hydrogen-bond acceptors (Lipinski definition) is 4. The van der Waals surface area contributed by atoms with Gasteiger partial charge in [-0.1, -0.05) is 30.5 Å². The number of aromatic amines is 1. The number of amides is 1. The molecule has 0 spiro atoms. The van der Waals surface area contributed by atoms with Gasteiger partial charge in [0.2, 0.25) is 5.91 Å². The molecule has 2 heterocycles. The van der Waals surface area contributed by atoms with Crippen molar-refractivity contribution < 1.29 is 9.59 Å². The molecule has 7 nitrogen and oxygen atoms in total. The van der Waals surface area contributed by atoms with Gasteiger partial charge in [-0.2, -0.15) is 10.2 Å². The zero-order chi connectivity index (χ0) is 22.2. The third-order valence-corrected chi connectivity index (χ3v) is 7.01. The second kappa shape index (κ2) is 8.54. The molecule has 2 atom stereocenters. The fourth-order valence-corrected chi connectivity index (χ4v) is 5.14. The smallest absolute Gasteiger partial charge is 0.228 e. The lowest BCUT2D eigenvalue weighted by molar-refractivity contribution is -0.122. The van der Waals surface area contributed by atoms with Gasteiger partial charge in [0.15, 0.2) is 5.78 Å². The molecule has 0 bridgehead atoms. The van der Waals surface area contributed by atoms with Gasteiger partial charge in [0.1, 0.15) is 0 Å². The molecule has 1 aromatic carbocycles. The quantitative estimate of drug-likeness (QED) is 0.517. The van der Waals surface area contributed by atoms with Crippen molar-refractivity contribution in [3.8, 4) is 11.3 Å². The topological polar surface area (TPSA) is 92.7 Å². The summed E-state index contributed by atoms with van der Waals surface area (Å²) in [6.45, 7) is 0. The van der Waals surface area contributed by atoms with Crippen LogP contribution in [0.25, 0.3) is 11.3 Å². The van der Waals surface area contributed by atoms with E-state index in [1.807, 2.05) is 23.9 Å². The molecule has 5 rings (SSSR count). The fraction of sp³-hybridized carbons (Fsp3) is 0.417. The van der Waals surface area contributed by atoms with Gasteiger partial charge in [0.05, 0.1) is 28.3 Å². The first-order valence-corrected chi connectivity index (χ1v) is 11.6. The van der Waals surface area contributed by atoms with E-state index in [0.717, 1.165) is 48.3 Å². The number of nitrogens with one attached hydrogen (secondary N) is 2. The Hall–Kier alpha value is -2.93. The highest BCUT2D eigenvalue weighted by atomic mass is 35.5. The molecule has 2 N–H and O–H groups in total. The summed E-state index contributed by atoms with van der Waals surface area (Å²) in [5.41, 5.74) is 4.03. The number of ketones is 1. The van der Waals surface area contributed by atoms with Crippen LogP contribution in [0.3, 0.4) is 0 Å². The summed E-state index contributed by atoms with van der Waals surface area (Å²) in [6.07, 6.45) is 8.91. The second-order valence-corrected chi connectivity index (χ2v) is 9.26. The minimum atomic E-state index is -0.375. The molecule has 32 heavy (non-hydrogen) atoms. The van der Waals surface area contributed by atoms with Gasteiger partial charge in [-0.05, 0) is 43.9 Å². The van der Waals surface area contributed by atoms with Crippen molar-refractivity contribution in [1.82, 2.24) is 20.0 Å². The molecule has 2 fully saturated rings. The average molecular weight is 452 g/mol. The first-order chi connectivity index (χ1) is 15.5. The predicted molar refractivity (Wildman–Crippen MR) is 123 cm³/mol. The zero-order valence-corrected chi connectivity index (χ0v) is 18.7. The van der Waals surface area contributed by atoms with Crippen LogP contribution in [0.4, 0.5) is 5.69 Å². The molecule has 2 aromatic heterocycles. The van der Waals surface area contributed by atoms with Crippen molar-refractivity contribution in [2.24, 2.45) is 18.9 Å². The Bertz CT molecular complexity index is 1150. The maximum atomic E-state index is 13.5. The van der Waals surface area contributed by atoms with Crippen LogP contribution in [0.2, 0.25) is 5.02 Å². The predicted octanol–water partition coefficient (Wildman–Crippen LogP) is 4.97. The van der Waals surface area contributed by atoms with Crippen LogP contribution in [-0.2, 0) is 11.8 Å². The Morgan fingerprint density at radius 1 is 1.12 bits per heavy atom. The lowest BCUT2D eigenvalue weighted by atomic mass is 9.75. The Morgan fingerprint density at radius 2 is 1.91 bits per heavy atom. The number of nitrogens with zero attached hydrogens (tertiary/aromatic N) is 3. The Labute approximate surface area is 191 Å². The van der Waals surface area contributed by atoms with Gasteiger partial charge < -0.3 is 5.32 Å². The number of benzene rings is 1. The van der Waals surface area contributed by atoms with Crippen molar-refractivity contribution in [3.63, 3.8) is 0 Å². The van der Waals surface area contributed by atoms with E-state index in [0.29, 0.717) is 29.3 Å². The molecule has 2 unspecified atom stereocenters. The largest absolute Gasteiger partial charge is 0.323 e. The molecule has 1 amide bonds. The number of aryl methyl sites for hydroxylation is 1. The number of halogens is 1. The molecule has 8 heteroatoms. The number of aromatic nitrogens is 4. The molecule has 2 aliphatic rings. The maximum Gasteiger partial charge on any atom is 0.228 e. The number of carbonyl (C=O) groups excluding carboxylic acids is 2. The van der Waals surface area contributed by atoms with Crippen molar-refractivity contribution in [3.05, 3.63) is 52.9 Å². The molecule has 2 saturated carbocycles. The lowest BCUT2D eigenvalue weighted by Crippen LogP contribution is -2.36.